The third-order valence-electron chi connectivity index (χ3n) is 3.44. The van der Waals surface area contributed by atoms with E-state index in [4.69, 9.17) is 5.73 Å². The van der Waals surface area contributed by atoms with Gasteiger partial charge in [-0.15, -0.1) is 12.4 Å². The van der Waals surface area contributed by atoms with Crippen LogP contribution in [0, 0.1) is 5.82 Å². The van der Waals surface area contributed by atoms with Crippen LogP contribution in [-0.2, 0) is 10.2 Å². The molecule has 0 aromatic heterocycles. The lowest BCUT2D eigenvalue weighted by Crippen LogP contribution is -2.35. The van der Waals surface area contributed by atoms with Gasteiger partial charge in [0.15, 0.2) is 0 Å². The van der Waals surface area contributed by atoms with Gasteiger partial charge in [-0.2, -0.15) is 0 Å². The van der Waals surface area contributed by atoms with Crippen molar-refractivity contribution in [1.29, 1.82) is 0 Å². The van der Waals surface area contributed by atoms with E-state index in [9.17, 15) is 9.18 Å². The Hall–Kier alpha value is -1.13. The zero-order chi connectivity index (χ0) is 13.2. The molecular formula is C14H20ClFN2O. The summed E-state index contributed by atoms with van der Waals surface area (Å²) in [5.41, 5.74) is 6.69. The van der Waals surface area contributed by atoms with Gasteiger partial charge in [0.25, 0.3) is 0 Å². The van der Waals surface area contributed by atoms with Gasteiger partial charge in [0, 0.05) is 24.4 Å². The summed E-state index contributed by atoms with van der Waals surface area (Å²) >= 11 is 0. The molecule has 3 N–H and O–H groups in total. The Morgan fingerprint density at radius 1 is 1.42 bits per heavy atom. The predicted octanol–water partition coefficient (Wildman–Crippen LogP) is 2.13. The van der Waals surface area contributed by atoms with Gasteiger partial charge in [-0.25, -0.2) is 4.39 Å². The van der Waals surface area contributed by atoms with E-state index in [0.717, 1.165) is 18.4 Å². The number of hydrogen-bond acceptors (Lipinski definition) is 2. The Bertz CT molecular complexity index is 430. The molecule has 5 heteroatoms. The van der Waals surface area contributed by atoms with Crippen molar-refractivity contribution in [1.82, 2.24) is 5.32 Å². The number of nitrogens with one attached hydrogen (secondary N) is 1. The van der Waals surface area contributed by atoms with Crippen molar-refractivity contribution in [3.63, 3.8) is 0 Å². The summed E-state index contributed by atoms with van der Waals surface area (Å²) in [6.07, 6.45) is 2.42. The normalized spacial score (nSPS) is 17.2. The van der Waals surface area contributed by atoms with Crippen LogP contribution in [0.3, 0.4) is 0 Å². The summed E-state index contributed by atoms with van der Waals surface area (Å²) in [5.74, 6) is -0.242. The third kappa shape index (κ3) is 4.18. The number of nitrogens with two attached hydrogens (primary N) is 1. The van der Waals surface area contributed by atoms with Crippen LogP contribution in [0.4, 0.5) is 4.39 Å². The minimum absolute atomic E-state index is 0. The van der Waals surface area contributed by atoms with Gasteiger partial charge < -0.3 is 11.1 Å². The number of halogens is 2. The zero-order valence-corrected chi connectivity index (χ0v) is 11.8. The van der Waals surface area contributed by atoms with Crippen molar-refractivity contribution in [2.24, 2.45) is 5.73 Å². The summed E-state index contributed by atoms with van der Waals surface area (Å²) in [6.45, 7) is 2.43. The molecule has 1 aromatic rings. The van der Waals surface area contributed by atoms with E-state index in [-0.39, 0.29) is 35.6 Å². The summed E-state index contributed by atoms with van der Waals surface area (Å²) < 4.78 is 12.9. The molecule has 1 unspecified atom stereocenters. The van der Waals surface area contributed by atoms with E-state index in [0.29, 0.717) is 13.0 Å². The number of amides is 1. The van der Waals surface area contributed by atoms with Gasteiger partial charge in [0.05, 0.1) is 0 Å². The summed E-state index contributed by atoms with van der Waals surface area (Å²) in [6, 6.07) is 6.43. The van der Waals surface area contributed by atoms with Crippen LogP contribution in [-0.4, -0.2) is 18.5 Å². The molecule has 1 saturated carbocycles. The third-order valence-corrected chi connectivity index (χ3v) is 3.44. The average Bonchev–Trinajstić information content (AvgIpc) is 3.08. The van der Waals surface area contributed by atoms with Crippen LogP contribution in [0.2, 0.25) is 0 Å². The summed E-state index contributed by atoms with van der Waals surface area (Å²) in [5, 5.41) is 2.92. The van der Waals surface area contributed by atoms with Crippen molar-refractivity contribution in [2.75, 3.05) is 6.54 Å². The van der Waals surface area contributed by atoms with Crippen molar-refractivity contribution >= 4 is 18.3 Å². The predicted molar refractivity (Wildman–Crippen MR) is 75.8 cm³/mol. The van der Waals surface area contributed by atoms with E-state index in [1.165, 1.54) is 12.1 Å². The zero-order valence-electron chi connectivity index (χ0n) is 11.0. The SMILES string of the molecule is CC(N)CC(=O)NCC1(c2ccc(F)cc2)CC1.Cl. The van der Waals surface area contributed by atoms with Gasteiger partial charge in [0.2, 0.25) is 5.91 Å². The molecule has 1 fully saturated rings. The maximum Gasteiger partial charge on any atom is 0.221 e. The van der Waals surface area contributed by atoms with E-state index >= 15 is 0 Å². The molecule has 1 aliphatic rings. The van der Waals surface area contributed by atoms with Gasteiger partial charge >= 0.3 is 0 Å². The largest absolute Gasteiger partial charge is 0.355 e. The smallest absolute Gasteiger partial charge is 0.221 e. The standard InChI is InChI=1S/C14H19FN2O.ClH/c1-10(16)8-13(18)17-9-14(6-7-14)11-2-4-12(15)5-3-11;/h2-5,10H,6-9,16H2,1H3,(H,17,18);1H. The van der Waals surface area contributed by atoms with E-state index in [2.05, 4.69) is 5.32 Å². The topological polar surface area (TPSA) is 55.1 Å². The maximum absolute atomic E-state index is 12.9. The van der Waals surface area contributed by atoms with Crippen molar-refractivity contribution < 1.29 is 9.18 Å². The van der Waals surface area contributed by atoms with Gasteiger partial charge in [-0.05, 0) is 37.5 Å². The number of rotatable bonds is 5. The number of hydrogen-bond donors (Lipinski definition) is 2. The lowest BCUT2D eigenvalue weighted by molar-refractivity contribution is -0.121. The van der Waals surface area contributed by atoms with Gasteiger partial charge in [0.1, 0.15) is 5.82 Å². The highest BCUT2D eigenvalue weighted by Gasteiger charge is 2.44. The molecule has 0 saturated heterocycles. The molecule has 0 bridgehead atoms. The molecule has 1 atom stereocenters. The Morgan fingerprint density at radius 2 is 2.00 bits per heavy atom. The van der Waals surface area contributed by atoms with Crippen LogP contribution in [0.1, 0.15) is 31.7 Å². The molecule has 106 valence electrons. The summed E-state index contributed by atoms with van der Waals surface area (Å²) in [4.78, 5) is 11.6. The van der Waals surface area contributed by atoms with Crippen molar-refractivity contribution in [2.45, 2.75) is 37.6 Å². The second-order valence-electron chi connectivity index (χ2n) is 5.25. The second kappa shape index (κ2) is 6.35. The quantitative estimate of drug-likeness (QED) is 0.871. The first kappa shape index (κ1) is 15.9. The molecule has 0 spiro atoms. The molecule has 1 aliphatic carbocycles. The highest BCUT2D eigenvalue weighted by molar-refractivity contribution is 5.85. The molecule has 0 aliphatic heterocycles. The fourth-order valence-corrected chi connectivity index (χ4v) is 2.15. The van der Waals surface area contributed by atoms with Crippen molar-refractivity contribution in [3.8, 4) is 0 Å². The molecule has 2 rings (SSSR count). The van der Waals surface area contributed by atoms with Crippen LogP contribution in [0.25, 0.3) is 0 Å². The number of carbonyl (C=O) groups is 1. The maximum atomic E-state index is 12.9. The molecule has 3 nitrogen and oxygen atoms in total. The molecule has 19 heavy (non-hydrogen) atoms. The fraction of sp³-hybridized carbons (Fsp3) is 0.500. The molecule has 0 heterocycles. The average molecular weight is 287 g/mol. The Morgan fingerprint density at radius 3 is 2.47 bits per heavy atom. The van der Waals surface area contributed by atoms with E-state index in [1.807, 2.05) is 6.92 Å². The first-order chi connectivity index (χ1) is 8.52. The first-order valence-electron chi connectivity index (χ1n) is 6.30. The first-order valence-corrected chi connectivity index (χ1v) is 6.30. The van der Waals surface area contributed by atoms with Gasteiger partial charge in [-0.3, -0.25) is 4.79 Å². The lowest BCUT2D eigenvalue weighted by atomic mass is 9.96. The molecule has 0 radical (unpaired) electrons. The fourth-order valence-electron chi connectivity index (χ4n) is 2.15. The van der Waals surface area contributed by atoms with Crippen LogP contribution in [0.15, 0.2) is 24.3 Å². The minimum atomic E-state index is -0.226. The Labute approximate surface area is 119 Å². The number of carbonyl (C=O) groups excluding carboxylic acids is 1. The number of benzene rings is 1. The monoisotopic (exact) mass is 286 g/mol. The van der Waals surface area contributed by atoms with Gasteiger partial charge in [-0.1, -0.05) is 12.1 Å². The minimum Gasteiger partial charge on any atom is -0.355 e. The van der Waals surface area contributed by atoms with Crippen molar-refractivity contribution in [3.05, 3.63) is 35.6 Å². The highest BCUT2D eigenvalue weighted by Crippen LogP contribution is 2.47. The highest BCUT2D eigenvalue weighted by atomic mass is 35.5. The van der Waals surface area contributed by atoms with Crippen LogP contribution in [0.5, 0.6) is 0 Å². The molecule has 1 amide bonds. The van der Waals surface area contributed by atoms with Crippen LogP contribution < -0.4 is 11.1 Å². The van der Waals surface area contributed by atoms with Crippen LogP contribution >= 0.6 is 12.4 Å². The second-order valence-corrected chi connectivity index (χ2v) is 5.25. The van der Waals surface area contributed by atoms with E-state index < -0.39 is 0 Å². The Kier molecular flexibility index (Phi) is 5.32. The lowest BCUT2D eigenvalue weighted by Gasteiger charge is -2.17. The Balaban J connectivity index is 0.00000180. The van der Waals surface area contributed by atoms with E-state index in [1.54, 1.807) is 12.1 Å². The summed E-state index contributed by atoms with van der Waals surface area (Å²) in [7, 11) is 0. The molecular weight excluding hydrogens is 267 g/mol. The molecule has 1 aromatic carbocycles.